The van der Waals surface area contributed by atoms with Crippen molar-refractivity contribution in [1.82, 2.24) is 4.98 Å². The van der Waals surface area contributed by atoms with Crippen LogP contribution >= 0.6 is 0 Å². The van der Waals surface area contributed by atoms with Crippen LogP contribution in [-0.4, -0.2) is 17.9 Å². The predicted molar refractivity (Wildman–Crippen MR) is 113 cm³/mol. The Kier molecular flexibility index (Phi) is 4.85. The van der Waals surface area contributed by atoms with Gasteiger partial charge in [-0.15, -0.1) is 0 Å². The fourth-order valence-electron chi connectivity index (χ4n) is 3.42. The minimum Gasteiger partial charge on any atom is -0.497 e. The van der Waals surface area contributed by atoms with Crippen molar-refractivity contribution >= 4 is 22.4 Å². The van der Waals surface area contributed by atoms with Gasteiger partial charge in [-0.1, -0.05) is 54.6 Å². The molecule has 0 bridgehead atoms. The zero-order valence-corrected chi connectivity index (χ0v) is 15.9. The van der Waals surface area contributed by atoms with Crippen molar-refractivity contribution in [2.45, 2.75) is 13.0 Å². The fourth-order valence-corrected chi connectivity index (χ4v) is 3.42. The average molecular weight is 370 g/mol. The number of hydrogen-bond acceptors (Lipinski definition) is 3. The van der Waals surface area contributed by atoms with Gasteiger partial charge >= 0.3 is 0 Å². The summed E-state index contributed by atoms with van der Waals surface area (Å²) in [5.74, 6) is 0.769. The van der Waals surface area contributed by atoms with Crippen LogP contribution in [0.1, 0.15) is 27.5 Å². The number of nitrogens with one attached hydrogen (secondary N) is 2. The molecule has 0 aliphatic carbocycles. The van der Waals surface area contributed by atoms with Gasteiger partial charge in [-0.3, -0.25) is 4.79 Å². The molecule has 1 aromatic heterocycles. The molecule has 4 aromatic rings. The molecular formula is C24H22N2O2. The van der Waals surface area contributed by atoms with Crippen LogP contribution in [0.5, 0.6) is 5.75 Å². The number of para-hydroxylation sites is 1. The van der Waals surface area contributed by atoms with E-state index >= 15 is 0 Å². The second-order valence-electron chi connectivity index (χ2n) is 6.78. The van der Waals surface area contributed by atoms with Crippen LogP contribution in [0.2, 0.25) is 0 Å². The van der Waals surface area contributed by atoms with Crippen molar-refractivity contribution in [3.63, 3.8) is 0 Å². The van der Waals surface area contributed by atoms with E-state index in [4.69, 9.17) is 4.74 Å². The van der Waals surface area contributed by atoms with Gasteiger partial charge in [0.25, 0.3) is 0 Å². The number of ether oxygens (including phenoxy) is 1. The summed E-state index contributed by atoms with van der Waals surface area (Å²) < 4.78 is 5.36. The maximum atomic E-state index is 13.6. The largest absolute Gasteiger partial charge is 0.497 e. The number of aryl methyl sites for hydroxylation is 1. The van der Waals surface area contributed by atoms with Crippen LogP contribution in [0.25, 0.3) is 10.9 Å². The third-order valence-electron chi connectivity index (χ3n) is 4.99. The highest BCUT2D eigenvalue weighted by atomic mass is 16.5. The lowest BCUT2D eigenvalue weighted by molar-refractivity contribution is 0.0971. The Morgan fingerprint density at radius 1 is 1.00 bits per heavy atom. The molecule has 1 unspecified atom stereocenters. The van der Waals surface area contributed by atoms with Crippen LogP contribution < -0.4 is 10.1 Å². The molecule has 0 amide bonds. The smallest absolute Gasteiger partial charge is 0.191 e. The predicted octanol–water partition coefficient (Wildman–Crippen LogP) is 5.52. The molecule has 0 aliphatic heterocycles. The molecule has 0 spiro atoms. The molecule has 28 heavy (non-hydrogen) atoms. The number of rotatable bonds is 6. The number of carbonyl (C=O) groups is 1. The molecule has 4 heteroatoms. The van der Waals surface area contributed by atoms with Crippen molar-refractivity contribution in [2.75, 3.05) is 12.4 Å². The van der Waals surface area contributed by atoms with Gasteiger partial charge in [-0.2, -0.15) is 0 Å². The monoisotopic (exact) mass is 370 g/mol. The summed E-state index contributed by atoms with van der Waals surface area (Å²) in [6.07, 6.45) is 1.79. The van der Waals surface area contributed by atoms with Gasteiger partial charge in [0.05, 0.1) is 7.11 Å². The van der Waals surface area contributed by atoms with Crippen LogP contribution in [0.15, 0.2) is 79.0 Å². The summed E-state index contributed by atoms with van der Waals surface area (Å²) >= 11 is 0. The average Bonchev–Trinajstić information content (AvgIpc) is 3.17. The van der Waals surface area contributed by atoms with E-state index in [2.05, 4.69) is 10.3 Å². The van der Waals surface area contributed by atoms with E-state index in [1.807, 2.05) is 79.7 Å². The minimum atomic E-state index is -0.508. The maximum absolute atomic E-state index is 13.6. The summed E-state index contributed by atoms with van der Waals surface area (Å²) in [5, 5.41) is 4.38. The van der Waals surface area contributed by atoms with Gasteiger partial charge in [0.1, 0.15) is 11.8 Å². The molecule has 2 N–H and O–H groups in total. The number of carbonyl (C=O) groups excluding carboxylic acids is 1. The molecule has 140 valence electrons. The zero-order chi connectivity index (χ0) is 19.5. The van der Waals surface area contributed by atoms with E-state index in [1.54, 1.807) is 13.3 Å². The van der Waals surface area contributed by atoms with E-state index in [1.165, 1.54) is 0 Å². The number of ketones is 1. The first-order valence-electron chi connectivity index (χ1n) is 9.24. The Morgan fingerprint density at radius 2 is 1.75 bits per heavy atom. The highest BCUT2D eigenvalue weighted by molar-refractivity contribution is 6.11. The van der Waals surface area contributed by atoms with E-state index in [0.29, 0.717) is 5.56 Å². The molecular weight excluding hydrogens is 348 g/mol. The van der Waals surface area contributed by atoms with Gasteiger partial charge in [0, 0.05) is 34.4 Å². The van der Waals surface area contributed by atoms with Gasteiger partial charge in [-0.05, 0) is 30.2 Å². The zero-order valence-electron chi connectivity index (χ0n) is 15.9. The Morgan fingerprint density at radius 3 is 2.54 bits per heavy atom. The number of H-pyrrole nitrogens is 1. The first-order chi connectivity index (χ1) is 13.7. The van der Waals surface area contributed by atoms with E-state index in [9.17, 15) is 4.79 Å². The molecule has 4 rings (SSSR count). The van der Waals surface area contributed by atoms with Crippen molar-refractivity contribution in [1.29, 1.82) is 0 Å². The molecule has 1 heterocycles. The van der Waals surface area contributed by atoms with Gasteiger partial charge in [0.2, 0.25) is 0 Å². The lowest BCUT2D eigenvalue weighted by Gasteiger charge is -2.21. The summed E-state index contributed by atoms with van der Waals surface area (Å²) in [5.41, 5.74) is 4.47. The highest BCUT2D eigenvalue weighted by Gasteiger charge is 2.25. The first kappa shape index (κ1) is 17.9. The number of benzene rings is 3. The Bertz CT molecular complexity index is 1120. The molecule has 0 saturated heterocycles. The van der Waals surface area contributed by atoms with Gasteiger partial charge < -0.3 is 15.0 Å². The van der Waals surface area contributed by atoms with Gasteiger partial charge in [0.15, 0.2) is 5.78 Å². The Hall–Kier alpha value is -3.53. The second-order valence-corrected chi connectivity index (χ2v) is 6.78. The molecule has 0 aliphatic rings. The topological polar surface area (TPSA) is 54.1 Å². The molecule has 0 fully saturated rings. The van der Waals surface area contributed by atoms with Crippen molar-refractivity contribution in [2.24, 2.45) is 0 Å². The van der Waals surface area contributed by atoms with Crippen LogP contribution in [0.3, 0.4) is 0 Å². The summed E-state index contributed by atoms with van der Waals surface area (Å²) in [6.45, 7) is 2.01. The van der Waals surface area contributed by atoms with Crippen LogP contribution in [0, 0.1) is 6.92 Å². The number of fused-ring (bicyclic) bond motifs is 1. The molecule has 0 saturated carbocycles. The third-order valence-corrected chi connectivity index (χ3v) is 4.99. The second kappa shape index (κ2) is 7.61. The van der Waals surface area contributed by atoms with Crippen LogP contribution in [0.4, 0.5) is 5.69 Å². The third kappa shape index (κ3) is 3.37. The lowest BCUT2D eigenvalue weighted by atomic mass is 9.96. The lowest BCUT2D eigenvalue weighted by Crippen LogP contribution is -2.21. The van der Waals surface area contributed by atoms with Crippen molar-refractivity contribution in [3.05, 3.63) is 95.7 Å². The fraction of sp³-hybridized carbons (Fsp3) is 0.125. The van der Waals surface area contributed by atoms with E-state index < -0.39 is 6.04 Å². The highest BCUT2D eigenvalue weighted by Crippen LogP contribution is 2.30. The number of aromatic amines is 1. The standard InChI is InChI=1S/C24H22N2O2/c1-16-12-13-18(28-2)14-22(16)26-23(17-8-4-3-5-9-17)24(27)20-15-25-21-11-7-6-10-19(20)21/h3-15,23,25-26H,1-2H3. The first-order valence-corrected chi connectivity index (χ1v) is 9.24. The number of methoxy groups -OCH3 is 1. The Balaban J connectivity index is 1.77. The number of hydrogen-bond donors (Lipinski definition) is 2. The van der Waals surface area contributed by atoms with Crippen molar-refractivity contribution in [3.8, 4) is 5.75 Å². The number of aromatic nitrogens is 1. The summed E-state index contributed by atoms with van der Waals surface area (Å²) in [4.78, 5) is 16.8. The quantitative estimate of drug-likeness (QED) is 0.439. The van der Waals surface area contributed by atoms with Crippen LogP contribution in [-0.2, 0) is 0 Å². The van der Waals surface area contributed by atoms with Gasteiger partial charge in [-0.25, -0.2) is 0 Å². The normalized spacial score (nSPS) is 11.9. The maximum Gasteiger partial charge on any atom is 0.191 e. The molecule has 1 atom stereocenters. The molecule has 4 nitrogen and oxygen atoms in total. The number of anilines is 1. The SMILES string of the molecule is COc1ccc(C)c(NC(C(=O)c2c[nH]c3ccccc23)c2ccccc2)c1. The number of Topliss-reactive ketones (excluding diaryl/α,β-unsaturated/α-hetero) is 1. The van der Waals surface area contributed by atoms with Crippen molar-refractivity contribution < 1.29 is 9.53 Å². The summed E-state index contributed by atoms with van der Waals surface area (Å²) in [6, 6.07) is 23.0. The molecule has 3 aromatic carbocycles. The molecule has 0 radical (unpaired) electrons. The minimum absolute atomic E-state index is 0.0193. The van der Waals surface area contributed by atoms with E-state index in [-0.39, 0.29) is 5.78 Å². The summed E-state index contributed by atoms with van der Waals surface area (Å²) in [7, 11) is 1.64. The Labute approximate surface area is 164 Å². The van der Waals surface area contributed by atoms with E-state index in [0.717, 1.165) is 33.5 Å².